The van der Waals surface area contributed by atoms with Crippen molar-refractivity contribution in [2.75, 3.05) is 26.4 Å². The van der Waals surface area contributed by atoms with Gasteiger partial charge in [-0.2, -0.15) is 4.98 Å². The highest BCUT2D eigenvalue weighted by Crippen LogP contribution is 2.29. The number of nitrogens with zero attached hydrogens (tertiary/aromatic N) is 3. The number of rotatable bonds is 4. The van der Waals surface area contributed by atoms with E-state index >= 15 is 0 Å². The van der Waals surface area contributed by atoms with Crippen LogP contribution in [0.2, 0.25) is 0 Å². The number of fused-ring (bicyclic) bond motifs is 1. The summed E-state index contributed by atoms with van der Waals surface area (Å²) in [6.45, 7) is 0.881. The number of nitrogens with two attached hydrogens (primary N) is 1. The molecular formula is C16H18N4O. The van der Waals surface area contributed by atoms with E-state index in [1.54, 1.807) is 0 Å². The molecule has 21 heavy (non-hydrogen) atoms. The van der Waals surface area contributed by atoms with Crippen LogP contribution in [0.4, 0.5) is 5.69 Å². The van der Waals surface area contributed by atoms with Gasteiger partial charge in [0.1, 0.15) is 0 Å². The second kappa shape index (κ2) is 5.54. The Balaban J connectivity index is 1.94. The first kappa shape index (κ1) is 13.6. The highest BCUT2D eigenvalue weighted by molar-refractivity contribution is 5.92. The monoisotopic (exact) mass is 282 g/mol. The SMILES string of the molecule is CN(C)CCc1noc(-c2cc3ccccc3cc2N)n1. The molecule has 108 valence electrons. The fourth-order valence-corrected chi connectivity index (χ4v) is 2.23. The summed E-state index contributed by atoms with van der Waals surface area (Å²) in [5.74, 6) is 1.18. The lowest BCUT2D eigenvalue weighted by molar-refractivity contribution is 0.392. The zero-order valence-corrected chi connectivity index (χ0v) is 12.2. The molecule has 0 fully saturated rings. The number of anilines is 1. The summed E-state index contributed by atoms with van der Waals surface area (Å²) >= 11 is 0. The van der Waals surface area contributed by atoms with Gasteiger partial charge in [-0.1, -0.05) is 29.4 Å². The zero-order valence-electron chi connectivity index (χ0n) is 12.2. The van der Waals surface area contributed by atoms with Gasteiger partial charge in [0.05, 0.1) is 5.56 Å². The molecule has 1 heterocycles. The zero-order chi connectivity index (χ0) is 14.8. The van der Waals surface area contributed by atoms with Crippen molar-refractivity contribution < 1.29 is 4.52 Å². The van der Waals surface area contributed by atoms with E-state index in [0.717, 1.165) is 29.3 Å². The maximum atomic E-state index is 6.11. The molecule has 0 saturated heterocycles. The molecule has 0 radical (unpaired) electrons. The minimum Gasteiger partial charge on any atom is -0.398 e. The van der Waals surface area contributed by atoms with E-state index in [1.807, 2.05) is 50.5 Å². The molecule has 0 aliphatic carbocycles. The molecule has 0 unspecified atom stereocenters. The van der Waals surface area contributed by atoms with Crippen molar-refractivity contribution in [2.24, 2.45) is 0 Å². The van der Waals surface area contributed by atoms with Gasteiger partial charge in [0, 0.05) is 18.7 Å². The summed E-state index contributed by atoms with van der Waals surface area (Å²) in [7, 11) is 4.03. The molecular weight excluding hydrogens is 264 g/mol. The van der Waals surface area contributed by atoms with E-state index < -0.39 is 0 Å². The molecule has 0 saturated carbocycles. The fourth-order valence-electron chi connectivity index (χ4n) is 2.23. The molecule has 1 aromatic heterocycles. The maximum Gasteiger partial charge on any atom is 0.260 e. The molecule has 0 atom stereocenters. The number of benzene rings is 2. The summed E-state index contributed by atoms with van der Waals surface area (Å²) in [4.78, 5) is 6.52. The van der Waals surface area contributed by atoms with Crippen molar-refractivity contribution >= 4 is 16.5 Å². The highest BCUT2D eigenvalue weighted by atomic mass is 16.5. The summed E-state index contributed by atoms with van der Waals surface area (Å²) in [6.07, 6.45) is 0.754. The van der Waals surface area contributed by atoms with Crippen molar-refractivity contribution in [1.82, 2.24) is 15.0 Å². The van der Waals surface area contributed by atoms with Crippen LogP contribution in [0, 0.1) is 0 Å². The summed E-state index contributed by atoms with van der Waals surface area (Å²) < 4.78 is 5.35. The van der Waals surface area contributed by atoms with Gasteiger partial charge in [-0.05, 0) is 37.0 Å². The number of likely N-dealkylation sites (N-methyl/N-ethyl adjacent to an activating group) is 1. The lowest BCUT2D eigenvalue weighted by Gasteiger charge is -2.05. The van der Waals surface area contributed by atoms with E-state index in [4.69, 9.17) is 10.3 Å². The first-order chi connectivity index (χ1) is 10.1. The quantitative estimate of drug-likeness (QED) is 0.745. The minimum atomic E-state index is 0.479. The molecule has 2 N–H and O–H groups in total. The standard InChI is InChI=1S/C16H18N4O/c1-20(2)8-7-15-18-16(21-19-15)13-9-11-5-3-4-6-12(11)10-14(13)17/h3-6,9-10H,7-8,17H2,1-2H3. The third-order valence-electron chi connectivity index (χ3n) is 3.40. The third kappa shape index (κ3) is 2.87. The van der Waals surface area contributed by atoms with Crippen LogP contribution < -0.4 is 5.73 Å². The topological polar surface area (TPSA) is 68.2 Å². The average molecular weight is 282 g/mol. The predicted molar refractivity (Wildman–Crippen MR) is 83.9 cm³/mol. The molecule has 3 rings (SSSR count). The van der Waals surface area contributed by atoms with Crippen LogP contribution in [-0.2, 0) is 6.42 Å². The van der Waals surface area contributed by atoms with Crippen LogP contribution in [0.25, 0.3) is 22.2 Å². The first-order valence-electron chi connectivity index (χ1n) is 6.89. The van der Waals surface area contributed by atoms with Gasteiger partial charge in [0.2, 0.25) is 0 Å². The normalized spacial score (nSPS) is 11.4. The van der Waals surface area contributed by atoms with E-state index in [-0.39, 0.29) is 0 Å². The second-order valence-corrected chi connectivity index (χ2v) is 5.36. The number of aromatic nitrogens is 2. The van der Waals surface area contributed by atoms with E-state index in [1.165, 1.54) is 0 Å². The molecule has 3 aromatic rings. The van der Waals surface area contributed by atoms with E-state index in [0.29, 0.717) is 17.4 Å². The van der Waals surface area contributed by atoms with Crippen LogP contribution in [0.3, 0.4) is 0 Å². The molecule has 0 aliphatic heterocycles. The molecule has 2 aromatic carbocycles. The van der Waals surface area contributed by atoms with Gasteiger partial charge < -0.3 is 15.2 Å². The number of hydrogen-bond donors (Lipinski definition) is 1. The number of hydrogen-bond acceptors (Lipinski definition) is 5. The van der Waals surface area contributed by atoms with Crippen molar-refractivity contribution in [1.29, 1.82) is 0 Å². The Kier molecular flexibility index (Phi) is 3.58. The smallest absolute Gasteiger partial charge is 0.260 e. The lowest BCUT2D eigenvalue weighted by Crippen LogP contribution is -2.15. The molecule has 0 spiro atoms. The van der Waals surface area contributed by atoms with Crippen molar-refractivity contribution in [2.45, 2.75) is 6.42 Å². The largest absolute Gasteiger partial charge is 0.398 e. The summed E-state index contributed by atoms with van der Waals surface area (Å²) in [6, 6.07) is 12.0. The van der Waals surface area contributed by atoms with Crippen LogP contribution in [0.15, 0.2) is 40.9 Å². The average Bonchev–Trinajstić information content (AvgIpc) is 2.93. The van der Waals surface area contributed by atoms with E-state index in [2.05, 4.69) is 15.0 Å². The van der Waals surface area contributed by atoms with E-state index in [9.17, 15) is 0 Å². The van der Waals surface area contributed by atoms with Crippen LogP contribution in [-0.4, -0.2) is 35.7 Å². The molecule has 5 heteroatoms. The Morgan fingerprint density at radius 2 is 1.86 bits per heavy atom. The van der Waals surface area contributed by atoms with Crippen LogP contribution >= 0.6 is 0 Å². The minimum absolute atomic E-state index is 0.479. The third-order valence-corrected chi connectivity index (χ3v) is 3.40. The Hall–Kier alpha value is -2.40. The van der Waals surface area contributed by atoms with Gasteiger partial charge in [0.15, 0.2) is 5.82 Å². The molecule has 5 nitrogen and oxygen atoms in total. The second-order valence-electron chi connectivity index (χ2n) is 5.36. The fraction of sp³-hybridized carbons (Fsp3) is 0.250. The first-order valence-corrected chi connectivity index (χ1v) is 6.89. The molecule has 0 amide bonds. The molecule has 0 aliphatic rings. The predicted octanol–water partition coefficient (Wildman–Crippen LogP) is 2.58. The Morgan fingerprint density at radius 1 is 1.14 bits per heavy atom. The Morgan fingerprint density at radius 3 is 2.57 bits per heavy atom. The van der Waals surface area contributed by atoms with Gasteiger partial charge in [-0.3, -0.25) is 0 Å². The number of nitrogen functional groups attached to an aromatic ring is 1. The maximum absolute atomic E-state index is 6.11. The lowest BCUT2D eigenvalue weighted by atomic mass is 10.1. The van der Waals surface area contributed by atoms with Crippen molar-refractivity contribution in [3.05, 3.63) is 42.2 Å². The van der Waals surface area contributed by atoms with Gasteiger partial charge >= 0.3 is 0 Å². The highest BCUT2D eigenvalue weighted by Gasteiger charge is 2.13. The molecule has 0 bridgehead atoms. The van der Waals surface area contributed by atoms with Crippen LogP contribution in [0.1, 0.15) is 5.82 Å². The van der Waals surface area contributed by atoms with Gasteiger partial charge in [-0.15, -0.1) is 0 Å². The Bertz CT molecular complexity index is 764. The van der Waals surface area contributed by atoms with Gasteiger partial charge in [0.25, 0.3) is 5.89 Å². The van der Waals surface area contributed by atoms with Crippen molar-refractivity contribution in [3.8, 4) is 11.5 Å². The van der Waals surface area contributed by atoms with Crippen molar-refractivity contribution in [3.63, 3.8) is 0 Å². The van der Waals surface area contributed by atoms with Crippen LogP contribution in [0.5, 0.6) is 0 Å². The summed E-state index contributed by atoms with van der Waals surface area (Å²) in [5.41, 5.74) is 7.55. The summed E-state index contributed by atoms with van der Waals surface area (Å²) in [5, 5.41) is 6.23. The Labute approximate surface area is 123 Å². The van der Waals surface area contributed by atoms with Gasteiger partial charge in [-0.25, -0.2) is 0 Å².